The molecule has 70 heavy (non-hydrogen) atoms. The minimum atomic E-state index is -1.43. The number of esters is 1. The van der Waals surface area contributed by atoms with Gasteiger partial charge in [0.15, 0.2) is 0 Å². The summed E-state index contributed by atoms with van der Waals surface area (Å²) in [7, 11) is -1.43. The minimum Gasteiger partial charge on any atom is -0.489 e. The number of halogens is 3. The molecule has 10 nitrogen and oxygen atoms in total. The van der Waals surface area contributed by atoms with Gasteiger partial charge in [0, 0.05) is 38.5 Å². The number of rotatable bonds is 15. The van der Waals surface area contributed by atoms with E-state index in [0.717, 1.165) is 73.7 Å². The summed E-state index contributed by atoms with van der Waals surface area (Å²) in [5.41, 5.74) is 8.58. The Bertz CT molecular complexity index is 2740. The summed E-state index contributed by atoms with van der Waals surface area (Å²) in [5, 5.41) is 27.6. The molecule has 0 radical (unpaired) electrons. The second-order valence-electron chi connectivity index (χ2n) is 18.9. The Balaban J connectivity index is 0.000000193. The maximum absolute atomic E-state index is 11.8. The normalized spacial score (nSPS) is 14.4. The van der Waals surface area contributed by atoms with Crippen molar-refractivity contribution < 1.29 is 48.4 Å². The highest BCUT2D eigenvalue weighted by atomic mass is 79.9. The molecule has 6 aromatic rings. The van der Waals surface area contributed by atoms with Gasteiger partial charge in [-0.1, -0.05) is 102 Å². The smallest absolute Gasteiger partial charge is 0.488 e. The van der Waals surface area contributed by atoms with Crippen molar-refractivity contribution in [3.05, 3.63) is 169 Å². The fourth-order valence-electron chi connectivity index (χ4n) is 8.18. The number of carbonyl (C=O) groups is 2. The Morgan fingerprint density at radius 1 is 0.671 bits per heavy atom. The van der Waals surface area contributed by atoms with Crippen LogP contribution in [0.4, 0.5) is 0 Å². The Labute approximate surface area is 430 Å². The highest BCUT2D eigenvalue weighted by Gasteiger charge is 2.34. The second-order valence-corrected chi connectivity index (χ2v) is 20.6. The van der Waals surface area contributed by atoms with Crippen molar-refractivity contribution in [2.75, 3.05) is 6.61 Å². The van der Waals surface area contributed by atoms with E-state index < -0.39 is 19.0 Å². The summed E-state index contributed by atoms with van der Waals surface area (Å²) in [6.07, 6.45) is 2.87. The lowest BCUT2D eigenvalue weighted by molar-refractivity contribution is -0.147. The van der Waals surface area contributed by atoms with Gasteiger partial charge in [-0.05, 0) is 159 Å². The Morgan fingerprint density at radius 3 is 1.66 bits per heavy atom. The molecule has 0 aromatic heterocycles. The first kappa shape index (κ1) is 53.8. The molecule has 0 spiro atoms. The molecule has 0 aliphatic carbocycles. The monoisotopic (exact) mass is 1050 g/mol. The van der Waals surface area contributed by atoms with Crippen molar-refractivity contribution in [1.29, 1.82) is 0 Å². The summed E-state index contributed by atoms with van der Waals surface area (Å²) in [5.74, 6) is 1.83. The molecule has 0 fully saturated rings. The van der Waals surface area contributed by atoms with Crippen molar-refractivity contribution in [3.8, 4) is 34.1 Å². The zero-order chi connectivity index (χ0) is 50.8. The molecule has 368 valence electrons. The van der Waals surface area contributed by atoms with Crippen LogP contribution in [0.25, 0.3) is 11.1 Å². The summed E-state index contributed by atoms with van der Waals surface area (Å²) >= 11 is 15.4. The van der Waals surface area contributed by atoms with Crippen LogP contribution in [0.15, 0.2) is 126 Å². The number of hydrogen-bond donors (Lipinski definition) is 3. The average molecular weight is 1050 g/mol. The van der Waals surface area contributed by atoms with E-state index in [4.69, 9.17) is 62.0 Å². The average Bonchev–Trinajstić information content (AvgIpc) is 3.81. The van der Waals surface area contributed by atoms with Crippen molar-refractivity contribution in [2.45, 2.75) is 98.6 Å². The Hall–Kier alpha value is -5.50. The molecular weight excluding hydrogens is 994 g/mol. The van der Waals surface area contributed by atoms with Gasteiger partial charge in [0.1, 0.15) is 47.4 Å². The number of ether oxygens (including phenoxy) is 5. The van der Waals surface area contributed by atoms with Crippen molar-refractivity contribution in [1.82, 2.24) is 0 Å². The molecule has 0 saturated carbocycles. The third kappa shape index (κ3) is 15.5. The van der Waals surface area contributed by atoms with Crippen molar-refractivity contribution >= 4 is 63.7 Å². The maximum atomic E-state index is 11.8. The molecule has 2 aliphatic rings. The summed E-state index contributed by atoms with van der Waals surface area (Å²) in [6.45, 7) is 15.0. The number of fused-ring (bicyclic) bond motifs is 2. The molecule has 2 aliphatic heterocycles. The number of benzene rings is 6. The van der Waals surface area contributed by atoms with E-state index in [2.05, 4.69) is 74.0 Å². The lowest BCUT2D eigenvalue weighted by Gasteiger charge is -2.18. The van der Waals surface area contributed by atoms with Gasteiger partial charge in [-0.15, -0.1) is 0 Å². The van der Waals surface area contributed by atoms with E-state index in [1.165, 1.54) is 17.2 Å². The predicted molar refractivity (Wildman–Crippen MR) is 281 cm³/mol. The summed E-state index contributed by atoms with van der Waals surface area (Å²) in [6, 6.07) is 38.2. The van der Waals surface area contributed by atoms with Crippen LogP contribution in [0.1, 0.15) is 81.8 Å². The zero-order valence-electron chi connectivity index (χ0n) is 40.6. The molecule has 2 heterocycles. The number of aliphatic carboxylic acids is 1. The van der Waals surface area contributed by atoms with Crippen LogP contribution < -0.4 is 24.4 Å². The van der Waals surface area contributed by atoms with Gasteiger partial charge in [0.05, 0.1) is 18.4 Å². The maximum Gasteiger partial charge on any atom is 0.488 e. The quantitative estimate of drug-likeness (QED) is 0.0672. The number of carboxylic acid groups (broad SMARTS) is 1. The van der Waals surface area contributed by atoms with Crippen molar-refractivity contribution in [3.63, 3.8) is 0 Å². The van der Waals surface area contributed by atoms with Crippen LogP contribution in [-0.2, 0) is 53.2 Å². The van der Waals surface area contributed by atoms with Gasteiger partial charge >= 0.3 is 19.1 Å². The van der Waals surface area contributed by atoms with E-state index in [1.807, 2.05) is 80.6 Å². The van der Waals surface area contributed by atoms with Gasteiger partial charge in [-0.2, -0.15) is 0 Å². The van der Waals surface area contributed by atoms with Crippen LogP contribution in [0.2, 0.25) is 10.0 Å². The Kier molecular flexibility index (Phi) is 18.5. The molecule has 8 rings (SSSR count). The molecular formula is C56H60BBrCl2O10. The molecule has 6 aromatic carbocycles. The van der Waals surface area contributed by atoms with Crippen LogP contribution >= 0.6 is 39.1 Å². The molecule has 0 bridgehead atoms. The number of carbonyl (C=O) groups excluding carboxylic acids is 1. The first-order valence-electron chi connectivity index (χ1n) is 23.2. The van der Waals surface area contributed by atoms with Gasteiger partial charge in [-0.3, -0.25) is 9.59 Å². The summed E-state index contributed by atoms with van der Waals surface area (Å²) in [4.78, 5) is 22.9. The number of carboxylic acids is 1. The van der Waals surface area contributed by atoms with E-state index in [9.17, 15) is 9.59 Å². The van der Waals surface area contributed by atoms with E-state index in [0.29, 0.717) is 48.2 Å². The van der Waals surface area contributed by atoms with Gasteiger partial charge in [0.2, 0.25) is 0 Å². The van der Waals surface area contributed by atoms with Gasteiger partial charge in [0.25, 0.3) is 0 Å². The fraction of sp³-hybridized carbons (Fsp3) is 0.321. The topological polar surface area (TPSA) is 141 Å². The van der Waals surface area contributed by atoms with E-state index >= 15 is 0 Å². The molecule has 0 amide bonds. The lowest BCUT2D eigenvalue weighted by atomic mass is 9.81. The lowest BCUT2D eigenvalue weighted by Crippen LogP contribution is -2.29. The molecule has 2 unspecified atom stereocenters. The third-order valence-corrected chi connectivity index (χ3v) is 12.5. The molecule has 2 atom stereocenters. The van der Waals surface area contributed by atoms with Crippen molar-refractivity contribution in [2.24, 2.45) is 11.8 Å². The SMILES string of the molecule is CC(Cc1ccc(OCc2cc(-c3cccc(Cl)c3)cc3c2OC(C)(C)C3)cc1)C(=O)O.CCOC(=O)C(C)Cc1ccc(OCc2cc(Br)cc3c2OC(C)(C)C3)cc1.OB(O)c1cccc(Cl)c1. The van der Waals surface area contributed by atoms with Gasteiger partial charge in [-0.25, -0.2) is 0 Å². The number of hydrogen-bond acceptors (Lipinski definition) is 9. The van der Waals surface area contributed by atoms with Gasteiger partial charge < -0.3 is 38.8 Å². The Morgan fingerprint density at radius 2 is 1.17 bits per heavy atom. The fourth-order valence-corrected chi connectivity index (χ4v) is 9.12. The van der Waals surface area contributed by atoms with E-state index in [1.54, 1.807) is 25.1 Å². The van der Waals surface area contributed by atoms with Crippen LogP contribution in [0.5, 0.6) is 23.0 Å². The standard InChI is InChI=1S/C27H27ClO4.C23H27BrO4.C6H6BClO2/c1-17(26(29)30)11-18-7-9-24(10-8-18)31-16-22-13-20(19-5-4-6-23(28)14-19)12-21-15-27(2,3)32-25(21)22;1-5-26-22(25)15(2)10-16-6-8-20(9-7-16)27-14-18-12-19(24)11-17-13-23(3,4)28-21(17)18;8-6-3-1-2-5(4-6)7(9)10/h4-10,12-14,17H,11,15-16H2,1-3H3,(H,29,30);6-9,11-12,15H,5,10,13-14H2,1-4H3;1-4,9-10H. The first-order valence-corrected chi connectivity index (χ1v) is 24.8. The van der Waals surface area contributed by atoms with Crippen LogP contribution in [-0.4, -0.2) is 52.0 Å². The molecule has 3 N–H and O–H groups in total. The zero-order valence-corrected chi connectivity index (χ0v) is 43.7. The highest BCUT2D eigenvalue weighted by Crippen LogP contribution is 2.42. The highest BCUT2D eigenvalue weighted by molar-refractivity contribution is 9.10. The first-order chi connectivity index (χ1) is 33.2. The minimum absolute atomic E-state index is 0.156. The predicted octanol–water partition coefficient (Wildman–Crippen LogP) is 12.1. The largest absolute Gasteiger partial charge is 0.489 e. The third-order valence-electron chi connectivity index (χ3n) is 11.6. The van der Waals surface area contributed by atoms with E-state index in [-0.39, 0.29) is 23.1 Å². The van der Waals surface area contributed by atoms with Crippen LogP contribution in [0.3, 0.4) is 0 Å². The van der Waals surface area contributed by atoms with Crippen LogP contribution in [0, 0.1) is 11.8 Å². The summed E-state index contributed by atoms with van der Waals surface area (Å²) < 4.78 is 30.6. The molecule has 14 heteroatoms. The molecule has 0 saturated heterocycles. The second kappa shape index (κ2) is 24.1.